The van der Waals surface area contributed by atoms with Crippen LogP contribution in [0.4, 0.5) is 0 Å². The van der Waals surface area contributed by atoms with Gasteiger partial charge in [0.25, 0.3) is 0 Å². The molecule has 0 aliphatic heterocycles. The van der Waals surface area contributed by atoms with E-state index in [0.717, 1.165) is 102 Å². The number of ketones is 2. The van der Waals surface area contributed by atoms with E-state index in [1.165, 1.54) is 0 Å². The second-order valence-electron chi connectivity index (χ2n) is 13.0. The quantitative estimate of drug-likeness (QED) is 0.215. The van der Waals surface area contributed by atoms with Gasteiger partial charge in [0, 0.05) is 24.4 Å². The number of carboxylic acid groups (broad SMARTS) is 1. The topological polar surface area (TPSA) is 91.7 Å². The van der Waals surface area contributed by atoms with Crippen molar-refractivity contribution >= 4 is 17.5 Å². The summed E-state index contributed by atoms with van der Waals surface area (Å²) in [6, 6.07) is 0. The zero-order valence-corrected chi connectivity index (χ0v) is 23.4. The minimum absolute atomic E-state index is 0.0258. The van der Waals surface area contributed by atoms with Crippen LogP contribution in [-0.2, 0) is 14.4 Å². The number of Topliss-reactive ketones (excluding diaryl/α,β-unsaturated/α-hetero) is 2. The summed E-state index contributed by atoms with van der Waals surface area (Å²) in [5.74, 6) is 0.451. The molecule has 36 heavy (non-hydrogen) atoms. The fourth-order valence-electron chi connectivity index (χ4n) is 5.93. The van der Waals surface area contributed by atoms with Gasteiger partial charge in [0.15, 0.2) is 5.78 Å². The summed E-state index contributed by atoms with van der Waals surface area (Å²) in [4.78, 5) is 37.4. The molecule has 2 N–H and O–H groups in total. The van der Waals surface area contributed by atoms with Gasteiger partial charge in [-0.1, -0.05) is 52.0 Å². The maximum Gasteiger partial charge on any atom is 0.309 e. The van der Waals surface area contributed by atoms with Gasteiger partial charge in [-0.2, -0.15) is 0 Å². The van der Waals surface area contributed by atoms with Crippen LogP contribution in [0.25, 0.3) is 0 Å². The molecule has 2 aliphatic rings. The van der Waals surface area contributed by atoms with Gasteiger partial charge in [-0.3, -0.25) is 14.4 Å². The Morgan fingerprint density at radius 1 is 0.861 bits per heavy atom. The highest BCUT2D eigenvalue weighted by atomic mass is 16.4. The molecule has 3 atom stereocenters. The average Bonchev–Trinajstić information content (AvgIpc) is 2.83. The highest BCUT2D eigenvalue weighted by Crippen LogP contribution is 2.35. The highest BCUT2D eigenvalue weighted by Gasteiger charge is 2.32. The number of aliphatic hydroxyl groups is 1. The lowest BCUT2D eigenvalue weighted by molar-refractivity contribution is -0.147. The molecule has 206 valence electrons. The Kier molecular flexibility index (Phi) is 12.3. The van der Waals surface area contributed by atoms with Crippen LogP contribution in [0.2, 0.25) is 0 Å². The third kappa shape index (κ3) is 9.76. The third-order valence-corrected chi connectivity index (χ3v) is 8.77. The Balaban J connectivity index is 1.70. The molecule has 1 saturated carbocycles. The molecule has 0 radical (unpaired) electrons. The lowest BCUT2D eigenvalue weighted by atomic mass is 9.75. The Hall–Kier alpha value is -1.49. The van der Waals surface area contributed by atoms with Crippen LogP contribution in [0, 0.1) is 28.6 Å². The number of allylic oxidation sites excluding steroid dienone is 2. The SMILES string of the molecule is CC(C)(CO)CCCCC1CCCC(CCCC2CCC=C(CCCCC(C)(C)C(=O)O)C2=O)C1=O. The number of hydrogen-bond donors (Lipinski definition) is 2. The third-order valence-electron chi connectivity index (χ3n) is 8.77. The Labute approximate surface area is 219 Å². The van der Waals surface area contributed by atoms with Crippen molar-refractivity contribution in [1.29, 1.82) is 0 Å². The largest absolute Gasteiger partial charge is 0.481 e. The minimum Gasteiger partial charge on any atom is -0.481 e. The number of rotatable bonds is 16. The van der Waals surface area contributed by atoms with Crippen LogP contribution < -0.4 is 0 Å². The molecular formula is C31H52O5. The van der Waals surface area contributed by atoms with Crippen LogP contribution in [0.1, 0.15) is 130 Å². The number of hydrogen-bond acceptors (Lipinski definition) is 4. The molecule has 0 bridgehead atoms. The van der Waals surface area contributed by atoms with E-state index >= 15 is 0 Å². The van der Waals surface area contributed by atoms with Gasteiger partial charge < -0.3 is 10.2 Å². The first-order chi connectivity index (χ1) is 17.0. The van der Waals surface area contributed by atoms with Crippen LogP contribution in [0.3, 0.4) is 0 Å². The van der Waals surface area contributed by atoms with Crippen molar-refractivity contribution < 1.29 is 24.6 Å². The molecule has 0 saturated heterocycles. The van der Waals surface area contributed by atoms with Gasteiger partial charge in [0.1, 0.15) is 5.78 Å². The molecule has 0 aromatic carbocycles. The van der Waals surface area contributed by atoms with E-state index in [1.54, 1.807) is 13.8 Å². The summed E-state index contributed by atoms with van der Waals surface area (Å²) in [5.41, 5.74) is 0.208. The molecule has 0 heterocycles. The maximum absolute atomic E-state index is 13.1. The van der Waals surface area contributed by atoms with Crippen molar-refractivity contribution in [2.45, 2.75) is 130 Å². The normalized spacial score (nSPS) is 23.6. The maximum atomic E-state index is 13.1. The number of carbonyl (C=O) groups is 3. The summed E-state index contributed by atoms with van der Waals surface area (Å²) in [6.07, 6.45) is 17.0. The molecule has 2 rings (SSSR count). The van der Waals surface area contributed by atoms with Crippen molar-refractivity contribution in [3.05, 3.63) is 11.6 Å². The first-order valence-electron chi connectivity index (χ1n) is 14.6. The van der Waals surface area contributed by atoms with Crippen LogP contribution in [0.5, 0.6) is 0 Å². The monoisotopic (exact) mass is 504 g/mol. The van der Waals surface area contributed by atoms with Crippen molar-refractivity contribution in [2.24, 2.45) is 28.6 Å². The van der Waals surface area contributed by atoms with Gasteiger partial charge in [0.05, 0.1) is 5.41 Å². The van der Waals surface area contributed by atoms with Gasteiger partial charge >= 0.3 is 5.97 Å². The van der Waals surface area contributed by atoms with Crippen molar-refractivity contribution in [2.75, 3.05) is 6.61 Å². The molecule has 5 nitrogen and oxygen atoms in total. The highest BCUT2D eigenvalue weighted by molar-refractivity contribution is 5.97. The first kappa shape index (κ1) is 30.7. The smallest absolute Gasteiger partial charge is 0.309 e. The van der Waals surface area contributed by atoms with Crippen LogP contribution in [-0.4, -0.2) is 34.4 Å². The lowest BCUT2D eigenvalue weighted by Crippen LogP contribution is -2.29. The van der Waals surface area contributed by atoms with Gasteiger partial charge in [-0.15, -0.1) is 0 Å². The van der Waals surface area contributed by atoms with Crippen molar-refractivity contribution in [3.63, 3.8) is 0 Å². The molecule has 0 amide bonds. The number of unbranched alkanes of at least 4 members (excludes halogenated alkanes) is 2. The number of aliphatic hydroxyl groups excluding tert-OH is 1. The van der Waals surface area contributed by atoms with Crippen molar-refractivity contribution in [3.8, 4) is 0 Å². The average molecular weight is 505 g/mol. The number of carbonyl (C=O) groups excluding carboxylic acids is 2. The molecule has 1 fully saturated rings. The second kappa shape index (κ2) is 14.4. The molecule has 0 aromatic heterocycles. The molecule has 3 unspecified atom stereocenters. The van der Waals surface area contributed by atoms with E-state index in [2.05, 4.69) is 19.9 Å². The molecule has 2 aliphatic carbocycles. The van der Waals surface area contributed by atoms with Crippen LogP contribution in [0.15, 0.2) is 11.6 Å². The standard InChI is InChI=1S/C31H52O5/c1-30(2,22-32)20-7-5-12-23-14-9-16-25(27(23)33)18-11-19-26-17-10-15-24(28(26)34)13-6-8-21-31(3,4)29(35)36/h15,23,25-26,32H,5-14,16-22H2,1-4H3,(H,35,36). The fourth-order valence-corrected chi connectivity index (χ4v) is 5.93. The Morgan fingerprint density at radius 3 is 2.11 bits per heavy atom. The van der Waals surface area contributed by atoms with Gasteiger partial charge in [-0.25, -0.2) is 0 Å². The molecule has 0 spiro atoms. The zero-order chi connectivity index (χ0) is 26.8. The summed E-state index contributed by atoms with van der Waals surface area (Å²) >= 11 is 0. The Bertz CT molecular complexity index is 763. The van der Waals surface area contributed by atoms with E-state index < -0.39 is 11.4 Å². The van der Waals surface area contributed by atoms with E-state index in [4.69, 9.17) is 0 Å². The summed E-state index contributed by atoms with van der Waals surface area (Å²) in [5, 5.41) is 18.7. The van der Waals surface area contributed by atoms with E-state index in [-0.39, 0.29) is 35.6 Å². The van der Waals surface area contributed by atoms with Crippen molar-refractivity contribution in [1.82, 2.24) is 0 Å². The van der Waals surface area contributed by atoms with Gasteiger partial charge in [0.2, 0.25) is 0 Å². The van der Waals surface area contributed by atoms with E-state index in [1.807, 2.05) is 0 Å². The van der Waals surface area contributed by atoms with Gasteiger partial charge in [-0.05, 0) is 95.5 Å². The summed E-state index contributed by atoms with van der Waals surface area (Å²) < 4.78 is 0. The predicted octanol–water partition coefficient (Wildman–Crippen LogP) is 7.30. The second-order valence-corrected chi connectivity index (χ2v) is 13.0. The van der Waals surface area contributed by atoms with E-state index in [9.17, 15) is 24.6 Å². The fraction of sp³-hybridized carbons (Fsp3) is 0.839. The zero-order valence-electron chi connectivity index (χ0n) is 23.4. The minimum atomic E-state index is -0.764. The number of aliphatic carboxylic acids is 1. The van der Waals surface area contributed by atoms with E-state index in [0.29, 0.717) is 12.2 Å². The lowest BCUT2D eigenvalue weighted by Gasteiger charge is -2.29. The predicted molar refractivity (Wildman–Crippen MR) is 145 cm³/mol. The first-order valence-corrected chi connectivity index (χ1v) is 14.6. The molecule has 0 aromatic rings. The summed E-state index contributed by atoms with van der Waals surface area (Å²) in [7, 11) is 0. The Morgan fingerprint density at radius 2 is 1.47 bits per heavy atom. The summed E-state index contributed by atoms with van der Waals surface area (Å²) in [6.45, 7) is 7.91. The van der Waals surface area contributed by atoms with Crippen LogP contribution >= 0.6 is 0 Å². The molecule has 5 heteroatoms. The molecular weight excluding hydrogens is 452 g/mol. The number of carboxylic acids is 1.